The van der Waals surface area contributed by atoms with Crippen molar-refractivity contribution in [3.8, 4) is 23.0 Å². The minimum absolute atomic E-state index is 0.0882. The number of likely N-dealkylation sites (tertiary alicyclic amines) is 1. The van der Waals surface area contributed by atoms with Gasteiger partial charge in [0.1, 0.15) is 17.6 Å². The summed E-state index contributed by atoms with van der Waals surface area (Å²) in [7, 11) is 3.15. The van der Waals surface area contributed by atoms with Gasteiger partial charge in [-0.3, -0.25) is 14.5 Å². The highest BCUT2D eigenvalue weighted by molar-refractivity contribution is 5.78. The van der Waals surface area contributed by atoms with E-state index in [1.807, 2.05) is 60.9 Å². The lowest BCUT2D eigenvalue weighted by Gasteiger charge is -2.38. The first-order valence-corrected chi connectivity index (χ1v) is 16.5. The summed E-state index contributed by atoms with van der Waals surface area (Å²) in [6.07, 6.45) is 4.81. The van der Waals surface area contributed by atoms with Crippen molar-refractivity contribution < 1.29 is 28.5 Å². The second-order valence-electron chi connectivity index (χ2n) is 12.1. The number of amides is 2. The van der Waals surface area contributed by atoms with Gasteiger partial charge >= 0.3 is 0 Å². The number of benzene rings is 3. The van der Waals surface area contributed by atoms with Crippen LogP contribution < -0.4 is 34.9 Å². The van der Waals surface area contributed by atoms with Crippen molar-refractivity contribution in [2.24, 2.45) is 0 Å². The number of aromatic nitrogens is 2. The molecule has 7 rings (SSSR count). The fourth-order valence-corrected chi connectivity index (χ4v) is 6.02. The summed E-state index contributed by atoms with van der Waals surface area (Å²) in [6, 6.07) is 20.9. The molecule has 1 saturated heterocycles. The molecule has 12 heteroatoms. The Balaban J connectivity index is 1.17. The van der Waals surface area contributed by atoms with Gasteiger partial charge in [0.05, 0.1) is 20.3 Å². The molecule has 1 aromatic heterocycles. The van der Waals surface area contributed by atoms with Crippen LogP contribution in [0, 0.1) is 0 Å². The molecule has 4 aromatic rings. The maximum atomic E-state index is 13.4. The maximum Gasteiger partial charge on any atom is 0.258 e. The smallest absolute Gasteiger partial charge is 0.258 e. The summed E-state index contributed by atoms with van der Waals surface area (Å²) in [5.41, 5.74) is 3.85. The van der Waals surface area contributed by atoms with Crippen molar-refractivity contribution in [3.05, 3.63) is 101 Å². The second-order valence-corrected chi connectivity index (χ2v) is 12.1. The molecule has 3 aromatic carbocycles. The highest BCUT2D eigenvalue weighted by Crippen LogP contribution is 2.30. The average Bonchev–Trinajstić information content (AvgIpc) is 3.13. The van der Waals surface area contributed by atoms with E-state index in [1.54, 1.807) is 20.3 Å². The Labute approximate surface area is 286 Å². The number of carbonyl (C=O) groups is 2. The van der Waals surface area contributed by atoms with E-state index in [9.17, 15) is 9.59 Å². The van der Waals surface area contributed by atoms with Crippen molar-refractivity contribution in [1.29, 1.82) is 0 Å². The molecule has 3 aliphatic rings. The van der Waals surface area contributed by atoms with E-state index in [1.165, 1.54) is 0 Å². The van der Waals surface area contributed by atoms with Crippen LogP contribution in [0.15, 0.2) is 79.1 Å². The molecule has 2 amide bonds. The molecular formula is C37H42N6O6. The first kappa shape index (κ1) is 33.5. The highest BCUT2D eigenvalue weighted by Gasteiger charge is 2.32. The fourth-order valence-electron chi connectivity index (χ4n) is 6.02. The van der Waals surface area contributed by atoms with Crippen molar-refractivity contribution in [2.75, 3.05) is 39.2 Å². The summed E-state index contributed by atoms with van der Waals surface area (Å²) in [5.74, 6) is 2.38. The van der Waals surface area contributed by atoms with Crippen LogP contribution >= 0.6 is 0 Å². The predicted octanol–water partition coefficient (Wildman–Crippen LogP) is 3.89. The first-order chi connectivity index (χ1) is 23.9. The van der Waals surface area contributed by atoms with Crippen LogP contribution in [-0.4, -0.2) is 72.7 Å². The zero-order valence-corrected chi connectivity index (χ0v) is 27.8. The lowest BCUT2D eigenvalue weighted by atomic mass is 10.0. The lowest BCUT2D eigenvalue weighted by molar-refractivity contribution is -0.125. The Morgan fingerprint density at radius 2 is 1.73 bits per heavy atom. The number of methoxy groups -OCH3 is 2. The summed E-state index contributed by atoms with van der Waals surface area (Å²) in [5, 5.41) is 9.41. The Kier molecular flexibility index (Phi) is 11.1. The van der Waals surface area contributed by atoms with Gasteiger partial charge in [-0.05, 0) is 48.2 Å². The number of carbonyl (C=O) groups excluding carboxylic acids is 2. The molecule has 0 aliphatic carbocycles. The van der Waals surface area contributed by atoms with Crippen molar-refractivity contribution in [1.82, 2.24) is 25.5 Å². The molecule has 49 heavy (non-hydrogen) atoms. The van der Waals surface area contributed by atoms with Gasteiger partial charge in [0.2, 0.25) is 11.9 Å². The molecule has 0 unspecified atom stereocenters. The number of ether oxygens (including phenoxy) is 4. The molecule has 3 N–H and O–H groups in total. The summed E-state index contributed by atoms with van der Waals surface area (Å²) in [4.78, 5) is 37.3. The largest absolute Gasteiger partial charge is 0.496 e. The zero-order valence-electron chi connectivity index (χ0n) is 27.8. The third-order valence-corrected chi connectivity index (χ3v) is 8.63. The van der Waals surface area contributed by atoms with Crippen LogP contribution in [0.5, 0.6) is 23.0 Å². The summed E-state index contributed by atoms with van der Waals surface area (Å²) >= 11 is 0. The fraction of sp³-hybridized carbons (Fsp3) is 0.351. The second kappa shape index (κ2) is 16.2. The number of hydrogen-bond donors (Lipinski definition) is 3. The first-order valence-electron chi connectivity index (χ1n) is 16.5. The zero-order chi connectivity index (χ0) is 34.0. The van der Waals surface area contributed by atoms with E-state index in [-0.39, 0.29) is 37.0 Å². The highest BCUT2D eigenvalue weighted by atomic mass is 16.5. The molecule has 1 fully saturated rings. The van der Waals surface area contributed by atoms with Gasteiger partial charge < -0.3 is 34.9 Å². The van der Waals surface area contributed by atoms with Crippen LogP contribution in [0.2, 0.25) is 0 Å². The van der Waals surface area contributed by atoms with Gasteiger partial charge in [-0.15, -0.1) is 0 Å². The van der Waals surface area contributed by atoms with Crippen LogP contribution in [-0.2, 0) is 35.6 Å². The van der Waals surface area contributed by atoms with Crippen LogP contribution in [0.4, 0.5) is 5.95 Å². The predicted molar refractivity (Wildman–Crippen MR) is 184 cm³/mol. The van der Waals surface area contributed by atoms with Gasteiger partial charge in [-0.1, -0.05) is 36.4 Å². The molecule has 4 bridgehead atoms. The number of aryl methyl sites for hydroxylation is 1. The number of rotatable bonds is 7. The average molecular weight is 667 g/mol. The van der Waals surface area contributed by atoms with Gasteiger partial charge in [0.25, 0.3) is 5.91 Å². The van der Waals surface area contributed by atoms with Crippen LogP contribution in [0.25, 0.3) is 0 Å². The van der Waals surface area contributed by atoms with Crippen molar-refractivity contribution in [3.63, 3.8) is 0 Å². The van der Waals surface area contributed by atoms with Crippen LogP contribution in [0.3, 0.4) is 0 Å². The quantitative estimate of drug-likeness (QED) is 0.267. The standard InChI is InChI=1S/C37H42N6O6/c1-46-32-12-8-25-9-13-35(44)38-21-28-10-11-29(17-33(28)47-2)49-31-14-15-43(23-30(31)42-36(45)24-48-34(32)16-25)22-27-19-40-37(41-20-27)39-18-26-6-4-3-5-7-26/h3-8,10-12,16-17,19-20,30-31H,9,13-15,18,21-24H2,1-2H3,(H,38,44)(H,42,45)(H,39,40,41)/t30-,31+/m1/s1. The number of hydrogen-bond acceptors (Lipinski definition) is 10. The molecule has 4 heterocycles. The van der Waals surface area contributed by atoms with E-state index in [4.69, 9.17) is 18.9 Å². The number of piperidine rings is 1. The Hall–Kier alpha value is -5.36. The molecule has 2 atom stereocenters. The minimum atomic E-state index is -0.335. The van der Waals surface area contributed by atoms with E-state index in [0.717, 1.165) is 28.8 Å². The molecular weight excluding hydrogens is 624 g/mol. The monoisotopic (exact) mass is 666 g/mol. The van der Waals surface area contributed by atoms with Gasteiger partial charge in [-0.25, -0.2) is 9.97 Å². The maximum absolute atomic E-state index is 13.4. The molecule has 12 nitrogen and oxygen atoms in total. The van der Waals surface area contributed by atoms with E-state index >= 15 is 0 Å². The normalized spacial score (nSPS) is 18.7. The lowest BCUT2D eigenvalue weighted by Crippen LogP contribution is -2.57. The summed E-state index contributed by atoms with van der Waals surface area (Å²) < 4.78 is 23.6. The number of fused-ring (bicyclic) bond motifs is 9. The Bertz CT molecular complexity index is 1720. The Morgan fingerprint density at radius 3 is 2.53 bits per heavy atom. The van der Waals surface area contributed by atoms with Gasteiger partial charge in [0, 0.05) is 68.7 Å². The Morgan fingerprint density at radius 1 is 0.918 bits per heavy atom. The topological polar surface area (TPSA) is 136 Å². The molecule has 0 radical (unpaired) electrons. The number of anilines is 1. The summed E-state index contributed by atoms with van der Waals surface area (Å²) in [6.45, 7) is 2.66. The third-order valence-electron chi connectivity index (χ3n) is 8.63. The van der Waals surface area contributed by atoms with Crippen molar-refractivity contribution >= 4 is 17.8 Å². The number of nitrogens with zero attached hydrogens (tertiary/aromatic N) is 3. The van der Waals surface area contributed by atoms with Crippen molar-refractivity contribution in [2.45, 2.75) is 51.0 Å². The molecule has 256 valence electrons. The molecule has 3 aliphatic heterocycles. The number of nitrogens with one attached hydrogen (secondary N) is 3. The van der Waals surface area contributed by atoms with E-state index in [2.05, 4.69) is 43.0 Å². The van der Waals surface area contributed by atoms with E-state index < -0.39 is 0 Å². The van der Waals surface area contributed by atoms with Gasteiger partial charge in [0.15, 0.2) is 18.1 Å². The molecule has 0 saturated carbocycles. The van der Waals surface area contributed by atoms with Crippen LogP contribution in [0.1, 0.15) is 35.1 Å². The van der Waals surface area contributed by atoms with E-state index in [0.29, 0.717) is 68.0 Å². The molecule has 0 spiro atoms. The minimum Gasteiger partial charge on any atom is -0.496 e. The third kappa shape index (κ3) is 9.17. The van der Waals surface area contributed by atoms with Gasteiger partial charge in [-0.2, -0.15) is 0 Å². The SMILES string of the molecule is COc1cc2ccc1CNC(=O)CCc1ccc(OC)c(c1)OCC(=O)N[C@@H]1CN(Cc3cnc(NCc4ccccc4)nc3)CC[C@@H]1O2.